The number of amides is 4. The molecular formula is C17H22FN3O3. The Kier molecular flexibility index (Phi) is 6.28. The lowest BCUT2D eigenvalue weighted by Crippen LogP contribution is -2.42. The van der Waals surface area contributed by atoms with E-state index in [1.807, 2.05) is 0 Å². The summed E-state index contributed by atoms with van der Waals surface area (Å²) < 4.78 is 13.6. The molecule has 0 spiro atoms. The highest BCUT2D eigenvalue weighted by atomic mass is 19.1. The van der Waals surface area contributed by atoms with Crippen LogP contribution in [0.5, 0.6) is 0 Å². The summed E-state index contributed by atoms with van der Waals surface area (Å²) in [7, 11) is 0. The highest BCUT2D eigenvalue weighted by Gasteiger charge is 2.27. The van der Waals surface area contributed by atoms with Crippen molar-refractivity contribution in [3.63, 3.8) is 0 Å². The normalized spacial score (nSPS) is 15.5. The Morgan fingerprint density at radius 3 is 2.58 bits per heavy atom. The van der Waals surface area contributed by atoms with Crippen molar-refractivity contribution in [3.05, 3.63) is 35.6 Å². The van der Waals surface area contributed by atoms with Gasteiger partial charge in [0.25, 0.3) is 0 Å². The fourth-order valence-electron chi connectivity index (χ4n) is 2.63. The van der Waals surface area contributed by atoms with Gasteiger partial charge in [0.2, 0.25) is 11.8 Å². The van der Waals surface area contributed by atoms with Gasteiger partial charge in [0.05, 0.1) is 0 Å². The molecule has 1 aliphatic rings. The monoisotopic (exact) mass is 335 g/mol. The number of hydrogen-bond acceptors (Lipinski definition) is 3. The van der Waals surface area contributed by atoms with Crippen LogP contribution in [0.4, 0.5) is 9.18 Å². The lowest BCUT2D eigenvalue weighted by molar-refractivity contribution is -0.138. The fourth-order valence-corrected chi connectivity index (χ4v) is 2.63. The number of halogens is 1. The van der Waals surface area contributed by atoms with Crippen molar-refractivity contribution in [1.82, 2.24) is 15.5 Å². The third-order valence-corrected chi connectivity index (χ3v) is 3.86. The van der Waals surface area contributed by atoms with Crippen molar-refractivity contribution in [3.8, 4) is 0 Å². The highest BCUT2D eigenvalue weighted by Crippen LogP contribution is 2.11. The Hall–Kier alpha value is -2.44. The predicted octanol–water partition coefficient (Wildman–Crippen LogP) is 1.60. The minimum absolute atomic E-state index is 0.150. The molecule has 1 aliphatic heterocycles. The van der Waals surface area contributed by atoms with Crippen molar-refractivity contribution in [2.75, 3.05) is 13.1 Å². The van der Waals surface area contributed by atoms with Gasteiger partial charge in [-0.15, -0.1) is 0 Å². The average Bonchev–Trinajstić information content (AvgIpc) is 2.85. The van der Waals surface area contributed by atoms with Crippen LogP contribution in [-0.4, -0.2) is 41.9 Å². The lowest BCUT2D eigenvalue weighted by Gasteiger charge is -2.16. The van der Waals surface area contributed by atoms with Crippen molar-refractivity contribution in [2.45, 2.75) is 38.6 Å². The molecular weight excluding hydrogens is 313 g/mol. The minimum Gasteiger partial charge on any atom is -0.338 e. The standard InChI is InChI=1S/C17H22FN3O3/c1-12(11-13-5-2-3-6-14(13)18)20-17(24)19-9-4-10-21-15(22)7-8-16(21)23/h2-3,5-6,12H,4,7-11H2,1H3,(H2,19,20,24). The number of benzene rings is 1. The van der Waals surface area contributed by atoms with Gasteiger partial charge >= 0.3 is 6.03 Å². The molecule has 0 bridgehead atoms. The van der Waals surface area contributed by atoms with Gasteiger partial charge < -0.3 is 10.6 Å². The van der Waals surface area contributed by atoms with E-state index in [1.165, 1.54) is 11.0 Å². The second-order valence-electron chi connectivity index (χ2n) is 5.89. The number of carbonyl (C=O) groups excluding carboxylic acids is 3. The Bertz CT molecular complexity index is 605. The molecule has 0 aliphatic carbocycles. The van der Waals surface area contributed by atoms with Gasteiger partial charge in [0, 0.05) is 32.0 Å². The van der Waals surface area contributed by atoms with E-state index in [0.717, 1.165) is 0 Å². The van der Waals surface area contributed by atoms with Crippen LogP contribution in [0, 0.1) is 5.82 Å². The van der Waals surface area contributed by atoms with E-state index in [-0.39, 0.29) is 42.5 Å². The molecule has 2 N–H and O–H groups in total. The fraction of sp³-hybridized carbons (Fsp3) is 0.471. The largest absolute Gasteiger partial charge is 0.338 e. The number of hydrogen-bond donors (Lipinski definition) is 2. The summed E-state index contributed by atoms with van der Waals surface area (Å²) in [6.07, 6.45) is 1.46. The van der Waals surface area contributed by atoms with Gasteiger partial charge in [-0.2, -0.15) is 0 Å². The topological polar surface area (TPSA) is 78.5 Å². The smallest absolute Gasteiger partial charge is 0.315 e. The Labute approximate surface area is 140 Å². The van der Waals surface area contributed by atoms with Crippen LogP contribution in [0.25, 0.3) is 0 Å². The van der Waals surface area contributed by atoms with Crippen molar-refractivity contribution in [2.24, 2.45) is 0 Å². The van der Waals surface area contributed by atoms with Crippen LogP contribution in [-0.2, 0) is 16.0 Å². The van der Waals surface area contributed by atoms with Gasteiger partial charge in [0.1, 0.15) is 5.82 Å². The molecule has 0 aromatic heterocycles. The van der Waals surface area contributed by atoms with E-state index >= 15 is 0 Å². The first-order valence-electron chi connectivity index (χ1n) is 8.08. The second-order valence-corrected chi connectivity index (χ2v) is 5.89. The molecule has 1 saturated heterocycles. The summed E-state index contributed by atoms with van der Waals surface area (Å²) in [5.41, 5.74) is 0.552. The number of urea groups is 1. The van der Waals surface area contributed by atoms with Crippen molar-refractivity contribution < 1.29 is 18.8 Å². The number of nitrogens with zero attached hydrogens (tertiary/aromatic N) is 1. The molecule has 0 saturated carbocycles. The minimum atomic E-state index is -0.349. The van der Waals surface area contributed by atoms with Crippen molar-refractivity contribution >= 4 is 17.8 Å². The van der Waals surface area contributed by atoms with Gasteiger partial charge in [-0.05, 0) is 31.4 Å². The predicted molar refractivity (Wildman–Crippen MR) is 86.7 cm³/mol. The molecule has 1 aromatic rings. The number of likely N-dealkylation sites (tertiary alicyclic amines) is 1. The second kappa shape index (κ2) is 8.42. The Morgan fingerprint density at radius 2 is 1.92 bits per heavy atom. The summed E-state index contributed by atoms with van der Waals surface area (Å²) in [4.78, 5) is 35.9. The number of nitrogens with one attached hydrogen (secondary N) is 2. The third-order valence-electron chi connectivity index (χ3n) is 3.86. The summed E-state index contributed by atoms with van der Waals surface area (Å²) in [5, 5.41) is 5.41. The van der Waals surface area contributed by atoms with Gasteiger partial charge in [-0.3, -0.25) is 14.5 Å². The third kappa shape index (κ3) is 5.04. The zero-order chi connectivity index (χ0) is 17.5. The van der Waals surface area contributed by atoms with Crippen LogP contribution in [0.1, 0.15) is 31.7 Å². The van der Waals surface area contributed by atoms with Crippen LogP contribution in [0.3, 0.4) is 0 Å². The van der Waals surface area contributed by atoms with E-state index in [9.17, 15) is 18.8 Å². The van der Waals surface area contributed by atoms with E-state index in [0.29, 0.717) is 31.5 Å². The molecule has 1 fully saturated rings. The maximum Gasteiger partial charge on any atom is 0.315 e. The molecule has 1 unspecified atom stereocenters. The first-order valence-corrected chi connectivity index (χ1v) is 8.08. The first-order chi connectivity index (χ1) is 11.5. The van der Waals surface area contributed by atoms with E-state index in [2.05, 4.69) is 10.6 Å². The first kappa shape index (κ1) is 17.9. The zero-order valence-electron chi connectivity index (χ0n) is 13.7. The quantitative estimate of drug-likeness (QED) is 0.587. The van der Waals surface area contributed by atoms with E-state index in [1.54, 1.807) is 25.1 Å². The molecule has 0 radical (unpaired) electrons. The zero-order valence-corrected chi connectivity index (χ0v) is 13.7. The summed E-state index contributed by atoms with van der Waals surface area (Å²) >= 11 is 0. The lowest BCUT2D eigenvalue weighted by atomic mass is 10.1. The SMILES string of the molecule is CC(Cc1ccccc1F)NC(=O)NCCCN1C(=O)CCC1=O. The molecule has 1 heterocycles. The van der Waals surface area contributed by atoms with Crippen LogP contribution in [0.15, 0.2) is 24.3 Å². The van der Waals surface area contributed by atoms with Gasteiger partial charge in [-0.25, -0.2) is 9.18 Å². The summed E-state index contributed by atoms with van der Waals surface area (Å²) in [6, 6.07) is 5.89. The van der Waals surface area contributed by atoms with Crippen LogP contribution >= 0.6 is 0 Å². The molecule has 1 atom stereocenters. The number of imide groups is 1. The number of carbonyl (C=O) groups is 3. The van der Waals surface area contributed by atoms with Crippen LogP contribution in [0.2, 0.25) is 0 Å². The molecule has 4 amide bonds. The molecule has 130 valence electrons. The Balaban J connectivity index is 1.65. The Morgan fingerprint density at radius 1 is 1.25 bits per heavy atom. The van der Waals surface area contributed by atoms with E-state index < -0.39 is 0 Å². The maximum absolute atomic E-state index is 13.6. The van der Waals surface area contributed by atoms with Crippen molar-refractivity contribution in [1.29, 1.82) is 0 Å². The highest BCUT2D eigenvalue weighted by molar-refractivity contribution is 6.01. The molecule has 24 heavy (non-hydrogen) atoms. The van der Waals surface area contributed by atoms with E-state index in [4.69, 9.17) is 0 Å². The van der Waals surface area contributed by atoms with Gasteiger partial charge in [0.15, 0.2) is 0 Å². The summed E-state index contributed by atoms with van der Waals surface area (Å²) in [6.45, 7) is 2.48. The average molecular weight is 335 g/mol. The number of rotatable bonds is 7. The molecule has 1 aromatic carbocycles. The van der Waals surface area contributed by atoms with Gasteiger partial charge in [-0.1, -0.05) is 18.2 Å². The maximum atomic E-state index is 13.6. The molecule has 2 rings (SSSR count). The van der Waals surface area contributed by atoms with Crippen LogP contribution < -0.4 is 10.6 Å². The summed E-state index contributed by atoms with van der Waals surface area (Å²) in [5.74, 6) is -0.586. The molecule has 6 nitrogen and oxygen atoms in total. The molecule has 7 heteroatoms.